The first-order valence-electron chi connectivity index (χ1n) is 7.54. The molecule has 0 spiro atoms. The zero-order valence-electron chi connectivity index (χ0n) is 13.4. The third-order valence-corrected chi connectivity index (χ3v) is 3.64. The molecule has 0 aliphatic carbocycles. The number of carbonyl (C=O) groups excluding carboxylic acids is 1. The number of unbranched alkanes of at least 4 members (excludes halogenated alkanes) is 2. The lowest BCUT2D eigenvalue weighted by atomic mass is 10.0. The number of carbonyl (C=O) groups is 1. The minimum Gasteiger partial charge on any atom is -0.459 e. The van der Waals surface area contributed by atoms with Crippen molar-refractivity contribution in [3.05, 3.63) is 45.4 Å². The Hall–Kier alpha value is -1.80. The lowest BCUT2D eigenvalue weighted by Crippen LogP contribution is -2.22. The molecule has 1 heterocycles. The summed E-state index contributed by atoms with van der Waals surface area (Å²) in [6, 6.07) is 1.64. The molecule has 124 valence electrons. The summed E-state index contributed by atoms with van der Waals surface area (Å²) in [7, 11) is 0. The molecule has 0 N–H and O–H groups in total. The summed E-state index contributed by atoms with van der Waals surface area (Å²) in [4.78, 5) is 22.7. The molecule has 0 amide bonds. The number of ether oxygens (including phenoxy) is 1. The highest BCUT2D eigenvalue weighted by Gasteiger charge is 2.16. The quantitative estimate of drug-likeness (QED) is 0.309. The normalized spacial score (nSPS) is 11.5. The molecule has 0 aliphatic heterocycles. The number of esters is 1. The van der Waals surface area contributed by atoms with Crippen LogP contribution in [-0.2, 0) is 9.53 Å². The van der Waals surface area contributed by atoms with Crippen LogP contribution in [0.1, 0.15) is 45.1 Å². The van der Waals surface area contributed by atoms with Gasteiger partial charge in [0.05, 0.1) is 4.47 Å². The van der Waals surface area contributed by atoms with Gasteiger partial charge in [0, 0.05) is 12.5 Å². The van der Waals surface area contributed by atoms with Crippen LogP contribution in [0.2, 0.25) is 0 Å². The van der Waals surface area contributed by atoms with Crippen molar-refractivity contribution in [3.63, 3.8) is 0 Å². The standard InChI is InChI=1S/C18H21BrO4/c1-4-17(20)23-16(13(2)3)10-8-6-5-7-9-14-11-15(19)12-22-18(14)21/h4,11-13,16H,1,5-6,8,10H2,2-3H3/t16-/m0/s1. The lowest BCUT2D eigenvalue weighted by Gasteiger charge is -2.20. The zero-order chi connectivity index (χ0) is 17.2. The minimum absolute atomic E-state index is 0.106. The third-order valence-electron chi connectivity index (χ3n) is 3.22. The van der Waals surface area contributed by atoms with Gasteiger partial charge in [-0.1, -0.05) is 32.3 Å². The third kappa shape index (κ3) is 7.34. The predicted molar refractivity (Wildman–Crippen MR) is 92.9 cm³/mol. The maximum Gasteiger partial charge on any atom is 0.351 e. The van der Waals surface area contributed by atoms with E-state index in [1.807, 2.05) is 13.8 Å². The Balaban J connectivity index is 2.41. The van der Waals surface area contributed by atoms with E-state index in [9.17, 15) is 9.59 Å². The summed E-state index contributed by atoms with van der Waals surface area (Å²) in [6.07, 6.45) is 5.65. The number of hydrogen-bond donors (Lipinski definition) is 0. The maximum absolute atomic E-state index is 11.4. The Morgan fingerprint density at radius 3 is 2.87 bits per heavy atom. The molecule has 1 aromatic rings. The molecule has 0 radical (unpaired) electrons. The Bertz CT molecular complexity index is 649. The summed E-state index contributed by atoms with van der Waals surface area (Å²) in [5.41, 5.74) is -0.0868. The van der Waals surface area contributed by atoms with Crippen molar-refractivity contribution in [1.82, 2.24) is 0 Å². The molecule has 1 rings (SSSR count). The van der Waals surface area contributed by atoms with E-state index in [1.54, 1.807) is 6.07 Å². The molecular weight excluding hydrogens is 360 g/mol. The number of rotatable bonds is 7. The maximum atomic E-state index is 11.4. The molecule has 1 atom stereocenters. The van der Waals surface area contributed by atoms with Crippen molar-refractivity contribution in [2.45, 2.75) is 45.6 Å². The Morgan fingerprint density at radius 1 is 1.48 bits per heavy atom. The second-order valence-electron chi connectivity index (χ2n) is 5.44. The molecule has 23 heavy (non-hydrogen) atoms. The fourth-order valence-corrected chi connectivity index (χ4v) is 2.26. The fraction of sp³-hybridized carbons (Fsp3) is 0.444. The Labute approximate surface area is 145 Å². The molecule has 1 aromatic heterocycles. The van der Waals surface area contributed by atoms with Crippen LogP contribution in [0.4, 0.5) is 0 Å². The van der Waals surface area contributed by atoms with E-state index >= 15 is 0 Å². The topological polar surface area (TPSA) is 56.5 Å². The molecule has 0 aliphatic rings. The van der Waals surface area contributed by atoms with Gasteiger partial charge in [0.15, 0.2) is 0 Å². The molecule has 0 saturated carbocycles. The predicted octanol–water partition coefficient (Wildman–Crippen LogP) is 4.07. The largest absolute Gasteiger partial charge is 0.459 e. The second kappa shape index (κ2) is 10.1. The van der Waals surface area contributed by atoms with Crippen molar-refractivity contribution in [2.75, 3.05) is 0 Å². The molecule has 5 heteroatoms. The van der Waals surface area contributed by atoms with Crippen molar-refractivity contribution in [2.24, 2.45) is 5.92 Å². The van der Waals surface area contributed by atoms with Gasteiger partial charge >= 0.3 is 11.6 Å². The molecule has 0 bridgehead atoms. The molecular formula is C18H21BrO4. The van der Waals surface area contributed by atoms with Crippen molar-refractivity contribution in [3.8, 4) is 11.8 Å². The smallest absolute Gasteiger partial charge is 0.351 e. The van der Waals surface area contributed by atoms with E-state index in [1.165, 1.54) is 12.3 Å². The first kappa shape index (κ1) is 19.2. The van der Waals surface area contributed by atoms with Crippen LogP contribution in [-0.4, -0.2) is 12.1 Å². The first-order chi connectivity index (χ1) is 10.9. The van der Waals surface area contributed by atoms with Gasteiger partial charge in [-0.05, 0) is 47.2 Å². The van der Waals surface area contributed by atoms with Gasteiger partial charge in [-0.2, -0.15) is 0 Å². The van der Waals surface area contributed by atoms with Crippen LogP contribution in [0.25, 0.3) is 0 Å². The average molecular weight is 381 g/mol. The summed E-state index contributed by atoms with van der Waals surface area (Å²) in [5.74, 6) is 5.67. The van der Waals surface area contributed by atoms with E-state index < -0.39 is 5.63 Å². The van der Waals surface area contributed by atoms with E-state index in [2.05, 4.69) is 34.3 Å². The highest BCUT2D eigenvalue weighted by Crippen LogP contribution is 2.15. The second-order valence-corrected chi connectivity index (χ2v) is 6.35. The zero-order valence-corrected chi connectivity index (χ0v) is 15.0. The van der Waals surface area contributed by atoms with E-state index in [-0.39, 0.29) is 18.0 Å². The molecule has 4 nitrogen and oxygen atoms in total. The SMILES string of the molecule is C=CC(=O)O[C@@H](CCCCC#Cc1cc(Br)coc1=O)C(C)C. The van der Waals surface area contributed by atoms with Gasteiger partial charge in [0.2, 0.25) is 0 Å². The molecule has 0 unspecified atom stereocenters. The molecule has 0 saturated heterocycles. The van der Waals surface area contributed by atoms with Crippen molar-refractivity contribution in [1.29, 1.82) is 0 Å². The van der Waals surface area contributed by atoms with Gasteiger partial charge in [-0.25, -0.2) is 9.59 Å². The highest BCUT2D eigenvalue weighted by molar-refractivity contribution is 9.10. The van der Waals surface area contributed by atoms with Gasteiger partial charge in [0.25, 0.3) is 0 Å². The van der Waals surface area contributed by atoms with Crippen LogP contribution in [0.15, 0.2) is 38.7 Å². The number of halogens is 1. The average Bonchev–Trinajstić information content (AvgIpc) is 2.52. The van der Waals surface area contributed by atoms with Crippen molar-refractivity contribution >= 4 is 21.9 Å². The van der Waals surface area contributed by atoms with E-state index in [0.717, 1.165) is 19.3 Å². The summed E-state index contributed by atoms with van der Waals surface area (Å²) in [6.45, 7) is 7.45. The highest BCUT2D eigenvalue weighted by atomic mass is 79.9. The van der Waals surface area contributed by atoms with Crippen LogP contribution < -0.4 is 5.63 Å². The summed E-state index contributed by atoms with van der Waals surface area (Å²) >= 11 is 3.24. The fourth-order valence-electron chi connectivity index (χ4n) is 1.93. The van der Waals surface area contributed by atoms with Crippen molar-refractivity contribution < 1.29 is 13.9 Å². The number of hydrogen-bond acceptors (Lipinski definition) is 4. The van der Waals surface area contributed by atoms with Gasteiger partial charge in [0.1, 0.15) is 17.9 Å². The Morgan fingerprint density at radius 2 is 2.22 bits per heavy atom. The summed E-state index contributed by atoms with van der Waals surface area (Å²) in [5, 5.41) is 0. The monoisotopic (exact) mass is 380 g/mol. The van der Waals surface area contributed by atoms with E-state index in [0.29, 0.717) is 16.5 Å². The Kier molecular flexibility index (Phi) is 8.42. The van der Waals surface area contributed by atoms with Gasteiger partial charge < -0.3 is 9.15 Å². The summed E-state index contributed by atoms with van der Waals surface area (Å²) < 4.78 is 10.8. The van der Waals surface area contributed by atoms with E-state index in [4.69, 9.17) is 9.15 Å². The van der Waals surface area contributed by atoms with Crippen LogP contribution in [0.5, 0.6) is 0 Å². The van der Waals surface area contributed by atoms with Gasteiger partial charge in [-0.3, -0.25) is 0 Å². The minimum atomic E-state index is -0.433. The molecule has 0 fully saturated rings. The van der Waals surface area contributed by atoms with Crippen LogP contribution >= 0.6 is 15.9 Å². The molecule has 0 aromatic carbocycles. The van der Waals surface area contributed by atoms with Crippen LogP contribution in [0.3, 0.4) is 0 Å². The van der Waals surface area contributed by atoms with Gasteiger partial charge in [-0.15, -0.1) is 0 Å². The van der Waals surface area contributed by atoms with Crippen LogP contribution in [0, 0.1) is 17.8 Å². The first-order valence-corrected chi connectivity index (χ1v) is 8.33. The lowest BCUT2D eigenvalue weighted by molar-refractivity contribution is -0.145.